The van der Waals surface area contributed by atoms with Crippen molar-refractivity contribution in [1.82, 2.24) is 9.97 Å². The second kappa shape index (κ2) is 7.47. The number of nitrogens with zero attached hydrogens (tertiary/aromatic N) is 3. The summed E-state index contributed by atoms with van der Waals surface area (Å²) in [4.78, 5) is 13.8. The van der Waals surface area contributed by atoms with Gasteiger partial charge in [0.05, 0.1) is 18.3 Å². The first kappa shape index (κ1) is 18.2. The Bertz CT molecular complexity index is 958. The molecule has 0 spiro atoms. The minimum absolute atomic E-state index is 0.293. The van der Waals surface area contributed by atoms with E-state index >= 15 is 0 Å². The zero-order valence-corrected chi connectivity index (χ0v) is 14.9. The molecule has 0 aliphatic carbocycles. The molecule has 4 rings (SSSR count). The lowest BCUT2D eigenvalue weighted by atomic mass is 10.1. The zero-order chi connectivity index (χ0) is 19.6. The van der Waals surface area contributed by atoms with Crippen molar-refractivity contribution < 1.29 is 27.5 Å². The molecule has 1 atom stereocenters. The monoisotopic (exact) mass is 407 g/mol. The standard InChI is InChI=1S/C18H12F3N3O3S/c19-18(20,21)26-12-3-1-11(2-4-12)15-9-16(24-27-15)25-13-5-6-14(23-10-13)17-22-7-8-28-17/h1-8,10,15H,9H2/t15-/m1/s1. The number of pyridine rings is 1. The molecule has 10 heteroatoms. The Morgan fingerprint density at radius 3 is 2.46 bits per heavy atom. The molecule has 2 aromatic heterocycles. The third kappa shape index (κ3) is 4.39. The third-order valence-corrected chi connectivity index (χ3v) is 4.55. The van der Waals surface area contributed by atoms with Crippen LogP contribution >= 0.6 is 11.3 Å². The van der Waals surface area contributed by atoms with E-state index in [9.17, 15) is 13.2 Å². The number of rotatable bonds is 4. The van der Waals surface area contributed by atoms with Crippen LogP contribution in [-0.2, 0) is 4.84 Å². The van der Waals surface area contributed by atoms with Crippen LogP contribution in [0.2, 0.25) is 0 Å². The Hall–Kier alpha value is -3.14. The maximum Gasteiger partial charge on any atom is 0.573 e. The number of oxime groups is 1. The Balaban J connectivity index is 1.35. The molecule has 0 amide bonds. The lowest BCUT2D eigenvalue weighted by Crippen LogP contribution is -2.17. The summed E-state index contributed by atoms with van der Waals surface area (Å²) in [6, 6.07) is 8.99. The van der Waals surface area contributed by atoms with Crippen LogP contribution in [0.3, 0.4) is 0 Å². The smallest absolute Gasteiger partial charge is 0.438 e. The number of hydrogen-bond acceptors (Lipinski definition) is 7. The van der Waals surface area contributed by atoms with E-state index in [0.29, 0.717) is 23.6 Å². The molecular formula is C18H12F3N3O3S. The number of alkyl halides is 3. The molecule has 6 nitrogen and oxygen atoms in total. The third-order valence-electron chi connectivity index (χ3n) is 3.75. The molecule has 1 aliphatic rings. The average molecular weight is 407 g/mol. The van der Waals surface area contributed by atoms with Gasteiger partial charge in [0.2, 0.25) is 5.90 Å². The van der Waals surface area contributed by atoms with Gasteiger partial charge < -0.3 is 14.3 Å². The molecule has 0 bridgehead atoms. The van der Waals surface area contributed by atoms with E-state index in [1.165, 1.54) is 35.6 Å². The molecule has 144 valence electrons. The van der Waals surface area contributed by atoms with Gasteiger partial charge >= 0.3 is 6.36 Å². The van der Waals surface area contributed by atoms with Crippen LogP contribution in [0.5, 0.6) is 11.5 Å². The van der Waals surface area contributed by atoms with Gasteiger partial charge in [-0.25, -0.2) is 9.97 Å². The molecule has 0 radical (unpaired) electrons. The topological polar surface area (TPSA) is 65.8 Å². The van der Waals surface area contributed by atoms with Crippen LogP contribution in [0.4, 0.5) is 13.2 Å². The summed E-state index contributed by atoms with van der Waals surface area (Å²) < 4.78 is 46.2. The number of benzene rings is 1. The maximum atomic E-state index is 12.2. The molecule has 0 saturated heterocycles. The van der Waals surface area contributed by atoms with Crippen molar-refractivity contribution in [2.24, 2.45) is 5.16 Å². The zero-order valence-electron chi connectivity index (χ0n) is 14.1. The van der Waals surface area contributed by atoms with E-state index in [-0.39, 0.29) is 5.75 Å². The molecule has 0 unspecified atom stereocenters. The van der Waals surface area contributed by atoms with Crippen LogP contribution in [0.25, 0.3) is 10.7 Å². The quantitative estimate of drug-likeness (QED) is 0.612. The minimum atomic E-state index is -4.72. The molecular weight excluding hydrogens is 395 g/mol. The van der Waals surface area contributed by atoms with Crippen molar-refractivity contribution in [1.29, 1.82) is 0 Å². The summed E-state index contributed by atoms with van der Waals surface area (Å²) in [6.07, 6.45) is -1.56. The first-order valence-corrected chi connectivity index (χ1v) is 8.96. The number of halogens is 3. The number of aromatic nitrogens is 2. The van der Waals surface area contributed by atoms with Gasteiger partial charge in [-0.15, -0.1) is 24.5 Å². The van der Waals surface area contributed by atoms with Gasteiger partial charge in [-0.1, -0.05) is 17.3 Å². The normalized spacial score (nSPS) is 16.4. The maximum absolute atomic E-state index is 12.2. The molecule has 0 N–H and O–H groups in total. The molecule has 0 saturated carbocycles. The molecule has 28 heavy (non-hydrogen) atoms. The van der Waals surface area contributed by atoms with Crippen LogP contribution in [-0.4, -0.2) is 22.2 Å². The lowest BCUT2D eigenvalue weighted by molar-refractivity contribution is -0.274. The fraction of sp³-hybridized carbons (Fsp3) is 0.167. The number of hydrogen-bond donors (Lipinski definition) is 0. The Labute approximate surface area is 161 Å². The molecule has 0 fully saturated rings. The molecule has 3 aromatic rings. The van der Waals surface area contributed by atoms with E-state index in [1.54, 1.807) is 24.5 Å². The van der Waals surface area contributed by atoms with E-state index < -0.39 is 12.5 Å². The van der Waals surface area contributed by atoms with Crippen molar-refractivity contribution >= 4 is 17.2 Å². The summed E-state index contributed by atoms with van der Waals surface area (Å²) in [7, 11) is 0. The molecule has 1 aliphatic heterocycles. The van der Waals surface area contributed by atoms with Crippen molar-refractivity contribution in [2.45, 2.75) is 18.9 Å². The first-order chi connectivity index (χ1) is 13.5. The summed E-state index contributed by atoms with van der Waals surface area (Å²) in [5.74, 6) is 0.555. The second-order valence-electron chi connectivity index (χ2n) is 5.72. The summed E-state index contributed by atoms with van der Waals surface area (Å²) in [5.41, 5.74) is 1.40. The predicted octanol–water partition coefficient (Wildman–Crippen LogP) is 4.96. The largest absolute Gasteiger partial charge is 0.573 e. The van der Waals surface area contributed by atoms with Crippen molar-refractivity contribution in [3.05, 3.63) is 59.7 Å². The lowest BCUT2D eigenvalue weighted by Gasteiger charge is -2.11. The van der Waals surface area contributed by atoms with Gasteiger partial charge in [-0.3, -0.25) is 0 Å². The minimum Gasteiger partial charge on any atom is -0.438 e. The molecule has 1 aromatic carbocycles. The predicted molar refractivity (Wildman–Crippen MR) is 95.0 cm³/mol. The Morgan fingerprint density at radius 2 is 1.82 bits per heavy atom. The van der Waals surface area contributed by atoms with Gasteiger partial charge in [-0.2, -0.15) is 0 Å². The summed E-state index contributed by atoms with van der Waals surface area (Å²) in [5, 5.41) is 6.57. The number of ether oxygens (including phenoxy) is 2. The highest BCUT2D eigenvalue weighted by Gasteiger charge is 2.31. The van der Waals surface area contributed by atoms with Crippen LogP contribution in [0, 0.1) is 0 Å². The van der Waals surface area contributed by atoms with Crippen LogP contribution < -0.4 is 9.47 Å². The highest BCUT2D eigenvalue weighted by molar-refractivity contribution is 7.13. The van der Waals surface area contributed by atoms with Crippen molar-refractivity contribution in [2.75, 3.05) is 0 Å². The first-order valence-electron chi connectivity index (χ1n) is 8.08. The van der Waals surface area contributed by atoms with Crippen molar-refractivity contribution in [3.8, 4) is 22.2 Å². The second-order valence-corrected chi connectivity index (χ2v) is 6.61. The summed E-state index contributed by atoms with van der Waals surface area (Å²) in [6.45, 7) is 0. The van der Waals surface area contributed by atoms with E-state index in [2.05, 4.69) is 19.9 Å². The van der Waals surface area contributed by atoms with Gasteiger partial charge in [0.15, 0.2) is 6.10 Å². The summed E-state index contributed by atoms with van der Waals surface area (Å²) >= 11 is 1.49. The molecule has 3 heterocycles. The van der Waals surface area contributed by atoms with E-state index in [4.69, 9.17) is 9.57 Å². The average Bonchev–Trinajstić information content (AvgIpc) is 3.34. The van der Waals surface area contributed by atoms with Crippen LogP contribution in [0.1, 0.15) is 18.1 Å². The van der Waals surface area contributed by atoms with Gasteiger partial charge in [-0.05, 0) is 29.8 Å². The Morgan fingerprint density at radius 1 is 1.04 bits per heavy atom. The SMILES string of the molecule is FC(F)(F)Oc1ccc([C@H]2CC(Oc3ccc(-c4nccs4)nc3)=NO2)cc1. The highest BCUT2D eigenvalue weighted by atomic mass is 32.1. The fourth-order valence-corrected chi connectivity index (χ4v) is 3.15. The fourth-order valence-electron chi connectivity index (χ4n) is 2.53. The van der Waals surface area contributed by atoms with Gasteiger partial charge in [0.1, 0.15) is 16.5 Å². The number of thiazole rings is 1. The Kier molecular flexibility index (Phi) is 4.86. The van der Waals surface area contributed by atoms with Crippen molar-refractivity contribution in [3.63, 3.8) is 0 Å². The van der Waals surface area contributed by atoms with Gasteiger partial charge in [0.25, 0.3) is 0 Å². The van der Waals surface area contributed by atoms with E-state index in [0.717, 1.165) is 10.7 Å². The van der Waals surface area contributed by atoms with Gasteiger partial charge in [0, 0.05) is 11.6 Å². The highest BCUT2D eigenvalue weighted by Crippen LogP contribution is 2.31. The van der Waals surface area contributed by atoms with Crippen LogP contribution in [0.15, 0.2) is 59.3 Å². The van der Waals surface area contributed by atoms with E-state index in [1.807, 2.05) is 5.38 Å².